The molecule has 3 rings (SSSR count). The molecule has 0 heterocycles. The number of para-hydroxylation sites is 1. The van der Waals surface area contributed by atoms with E-state index in [0.29, 0.717) is 27.8 Å². The predicted molar refractivity (Wildman–Crippen MR) is 97.1 cm³/mol. The maximum absolute atomic E-state index is 12.3. The Morgan fingerprint density at radius 1 is 0.875 bits per heavy atom. The van der Waals surface area contributed by atoms with Crippen molar-refractivity contribution in [2.75, 3.05) is 0 Å². The molecule has 0 fully saturated rings. The molecule has 0 aliphatic rings. The van der Waals surface area contributed by atoms with E-state index in [4.69, 9.17) is 21.1 Å². The molecule has 5 heteroatoms. The van der Waals surface area contributed by atoms with Gasteiger partial charge in [0.1, 0.15) is 17.2 Å². The Hall–Kier alpha value is -2.30. The number of carbonyl (C=O) groups is 1. The molecular weight excluding hydrogens is 392 g/mol. The largest absolute Gasteiger partial charge is 0.457 e. The highest BCUT2D eigenvalue weighted by Gasteiger charge is 2.12. The Balaban J connectivity index is 1.77. The Kier molecular flexibility index (Phi) is 5.18. The average molecular weight is 404 g/mol. The van der Waals surface area contributed by atoms with Gasteiger partial charge in [0.2, 0.25) is 0 Å². The van der Waals surface area contributed by atoms with Crippen LogP contribution in [0.25, 0.3) is 0 Å². The van der Waals surface area contributed by atoms with Gasteiger partial charge in [0.15, 0.2) is 0 Å². The van der Waals surface area contributed by atoms with Crippen LogP contribution in [0.2, 0.25) is 5.02 Å². The van der Waals surface area contributed by atoms with Crippen LogP contribution in [0.4, 0.5) is 0 Å². The summed E-state index contributed by atoms with van der Waals surface area (Å²) in [7, 11) is 0. The van der Waals surface area contributed by atoms with Gasteiger partial charge in [0.05, 0.1) is 10.6 Å². The molecule has 3 nitrogen and oxygen atoms in total. The van der Waals surface area contributed by atoms with E-state index in [9.17, 15) is 4.79 Å². The van der Waals surface area contributed by atoms with Crippen LogP contribution in [0.1, 0.15) is 10.4 Å². The van der Waals surface area contributed by atoms with Gasteiger partial charge in [-0.2, -0.15) is 0 Å². The second-order valence-electron chi connectivity index (χ2n) is 4.91. The SMILES string of the molecule is O=C(Oc1ccc(Br)cc1Cl)c1cccc(Oc2ccccc2)c1. The van der Waals surface area contributed by atoms with Crippen LogP contribution < -0.4 is 9.47 Å². The van der Waals surface area contributed by atoms with Gasteiger partial charge in [-0.1, -0.05) is 51.8 Å². The minimum Gasteiger partial charge on any atom is -0.457 e. The summed E-state index contributed by atoms with van der Waals surface area (Å²) >= 11 is 9.37. The summed E-state index contributed by atoms with van der Waals surface area (Å²) in [6.45, 7) is 0. The fraction of sp³-hybridized carbons (Fsp3) is 0. The second kappa shape index (κ2) is 7.51. The zero-order valence-electron chi connectivity index (χ0n) is 12.4. The van der Waals surface area contributed by atoms with Crippen molar-refractivity contribution in [3.05, 3.63) is 87.9 Å². The molecular formula is C19H12BrClO3. The molecule has 0 aromatic heterocycles. The quantitative estimate of drug-likeness (QED) is 0.389. The summed E-state index contributed by atoms with van der Waals surface area (Å²) in [6.07, 6.45) is 0. The topological polar surface area (TPSA) is 35.5 Å². The van der Waals surface area contributed by atoms with Gasteiger partial charge in [-0.25, -0.2) is 4.79 Å². The van der Waals surface area contributed by atoms with Crippen molar-refractivity contribution < 1.29 is 14.3 Å². The molecule has 0 spiro atoms. The first-order chi connectivity index (χ1) is 11.6. The number of hydrogen-bond donors (Lipinski definition) is 0. The first-order valence-corrected chi connectivity index (χ1v) is 8.29. The summed E-state index contributed by atoms with van der Waals surface area (Å²) in [6, 6.07) is 21.2. The number of carbonyl (C=O) groups excluding carboxylic acids is 1. The predicted octanol–water partition coefficient (Wildman–Crippen LogP) is 6.11. The van der Waals surface area contributed by atoms with Crippen molar-refractivity contribution in [1.82, 2.24) is 0 Å². The molecule has 0 saturated carbocycles. The molecule has 0 aliphatic heterocycles. The van der Waals surface area contributed by atoms with Crippen molar-refractivity contribution in [1.29, 1.82) is 0 Å². The van der Waals surface area contributed by atoms with Gasteiger partial charge in [0, 0.05) is 4.47 Å². The van der Waals surface area contributed by atoms with Gasteiger partial charge in [-0.15, -0.1) is 0 Å². The van der Waals surface area contributed by atoms with E-state index in [1.54, 1.807) is 42.5 Å². The summed E-state index contributed by atoms with van der Waals surface area (Å²) in [4.78, 5) is 12.3. The van der Waals surface area contributed by atoms with Crippen molar-refractivity contribution in [3.8, 4) is 17.2 Å². The van der Waals surface area contributed by atoms with Crippen LogP contribution in [0, 0.1) is 0 Å². The highest BCUT2D eigenvalue weighted by molar-refractivity contribution is 9.10. The molecule has 0 aliphatic carbocycles. The summed E-state index contributed by atoms with van der Waals surface area (Å²) in [5, 5.41) is 0.356. The monoisotopic (exact) mass is 402 g/mol. The van der Waals surface area contributed by atoms with E-state index >= 15 is 0 Å². The molecule has 0 radical (unpaired) electrons. The number of halogens is 2. The lowest BCUT2D eigenvalue weighted by Crippen LogP contribution is -2.08. The smallest absolute Gasteiger partial charge is 0.343 e. The Labute approximate surface area is 152 Å². The maximum Gasteiger partial charge on any atom is 0.343 e. The summed E-state index contributed by atoms with van der Waals surface area (Å²) < 4.78 is 11.9. The molecule has 24 heavy (non-hydrogen) atoms. The van der Waals surface area contributed by atoms with E-state index in [0.717, 1.165) is 4.47 Å². The molecule has 0 saturated heterocycles. The third-order valence-corrected chi connectivity index (χ3v) is 3.93. The standard InChI is InChI=1S/C19H12BrClO3/c20-14-9-10-18(17(21)12-14)24-19(22)13-5-4-8-16(11-13)23-15-6-2-1-3-7-15/h1-12H. The molecule has 3 aromatic rings. The van der Waals surface area contributed by atoms with Gasteiger partial charge >= 0.3 is 5.97 Å². The van der Waals surface area contributed by atoms with Crippen LogP contribution >= 0.6 is 27.5 Å². The van der Waals surface area contributed by atoms with Gasteiger partial charge in [0.25, 0.3) is 0 Å². The van der Waals surface area contributed by atoms with Crippen LogP contribution in [0.5, 0.6) is 17.2 Å². The van der Waals surface area contributed by atoms with Crippen molar-refractivity contribution in [3.63, 3.8) is 0 Å². The van der Waals surface area contributed by atoms with E-state index in [1.165, 1.54) is 0 Å². The minimum atomic E-state index is -0.502. The van der Waals surface area contributed by atoms with Gasteiger partial charge in [-0.3, -0.25) is 0 Å². The number of hydrogen-bond acceptors (Lipinski definition) is 3. The Bertz CT molecular complexity index is 865. The number of benzene rings is 3. The van der Waals surface area contributed by atoms with E-state index in [-0.39, 0.29) is 0 Å². The second-order valence-corrected chi connectivity index (χ2v) is 6.23. The van der Waals surface area contributed by atoms with Crippen molar-refractivity contribution in [2.24, 2.45) is 0 Å². The summed E-state index contributed by atoms with van der Waals surface area (Å²) in [5.74, 6) is 1.05. The zero-order chi connectivity index (χ0) is 16.9. The third-order valence-electron chi connectivity index (χ3n) is 3.15. The zero-order valence-corrected chi connectivity index (χ0v) is 14.8. The lowest BCUT2D eigenvalue weighted by Gasteiger charge is -2.09. The fourth-order valence-electron chi connectivity index (χ4n) is 2.03. The fourth-order valence-corrected chi connectivity index (χ4v) is 2.74. The molecule has 3 aromatic carbocycles. The first kappa shape index (κ1) is 16.6. The number of esters is 1. The van der Waals surface area contributed by atoms with Crippen molar-refractivity contribution >= 4 is 33.5 Å². The molecule has 120 valence electrons. The normalized spacial score (nSPS) is 10.2. The minimum absolute atomic E-state index is 0.305. The lowest BCUT2D eigenvalue weighted by molar-refractivity contribution is 0.0734. The van der Waals surface area contributed by atoms with Gasteiger partial charge < -0.3 is 9.47 Å². The molecule has 0 amide bonds. The maximum atomic E-state index is 12.3. The first-order valence-electron chi connectivity index (χ1n) is 7.12. The van der Waals surface area contributed by atoms with Crippen LogP contribution in [-0.4, -0.2) is 5.97 Å². The van der Waals surface area contributed by atoms with Crippen molar-refractivity contribution in [2.45, 2.75) is 0 Å². The summed E-state index contributed by atoms with van der Waals surface area (Å²) in [5.41, 5.74) is 0.377. The van der Waals surface area contributed by atoms with E-state index < -0.39 is 5.97 Å². The number of ether oxygens (including phenoxy) is 2. The van der Waals surface area contributed by atoms with Crippen LogP contribution in [-0.2, 0) is 0 Å². The molecule has 0 atom stereocenters. The Morgan fingerprint density at radius 3 is 2.38 bits per heavy atom. The van der Waals surface area contributed by atoms with Crippen LogP contribution in [0.3, 0.4) is 0 Å². The molecule has 0 unspecified atom stereocenters. The third kappa shape index (κ3) is 4.16. The van der Waals surface area contributed by atoms with E-state index in [1.807, 2.05) is 30.3 Å². The Morgan fingerprint density at radius 2 is 1.62 bits per heavy atom. The highest BCUT2D eigenvalue weighted by atomic mass is 79.9. The highest BCUT2D eigenvalue weighted by Crippen LogP contribution is 2.29. The number of rotatable bonds is 4. The van der Waals surface area contributed by atoms with E-state index in [2.05, 4.69) is 15.9 Å². The molecule has 0 bridgehead atoms. The van der Waals surface area contributed by atoms with Gasteiger partial charge in [-0.05, 0) is 48.5 Å². The average Bonchev–Trinajstić information content (AvgIpc) is 2.58. The lowest BCUT2D eigenvalue weighted by atomic mass is 10.2. The van der Waals surface area contributed by atoms with Crippen LogP contribution in [0.15, 0.2) is 77.3 Å². The molecule has 0 N–H and O–H groups in total.